The number of benzene rings is 9. The van der Waals surface area contributed by atoms with Crippen LogP contribution in [0.1, 0.15) is 20.3 Å². The molecule has 0 amide bonds. The summed E-state index contributed by atoms with van der Waals surface area (Å²) in [6.45, 7) is 4.30. The number of para-hydroxylation sites is 7. The first kappa shape index (κ1) is 39.5. The van der Waals surface area contributed by atoms with Crippen LogP contribution in [0, 0.1) is 0 Å². The third-order valence-electron chi connectivity index (χ3n) is 13.5. The maximum atomic E-state index is 5.55. The first-order chi connectivity index (χ1) is 33.7. The number of imidazole rings is 1. The SMILES string of the molecule is C/C=C\C(=C/CC)n1c2ccccc2c2cc3c(cc21)c1ccccc1n3-c1ccc(-c2nc3cc4c(cc3n2-c2ccccc2)N(c2ccccc2)c2ccccc2N4c2ccccc2)cc1. The fourth-order valence-corrected chi connectivity index (χ4v) is 10.7. The molecule has 12 aromatic rings. The number of aromatic nitrogens is 4. The van der Waals surface area contributed by atoms with E-state index in [1.807, 2.05) is 0 Å². The Morgan fingerprint density at radius 1 is 0.426 bits per heavy atom. The van der Waals surface area contributed by atoms with Crippen molar-refractivity contribution in [3.63, 3.8) is 0 Å². The van der Waals surface area contributed by atoms with Crippen molar-refractivity contribution in [2.45, 2.75) is 20.3 Å². The molecule has 0 spiro atoms. The monoisotopic (exact) mass is 874 g/mol. The summed E-state index contributed by atoms with van der Waals surface area (Å²) < 4.78 is 7.18. The van der Waals surface area contributed by atoms with Crippen LogP contribution in [-0.4, -0.2) is 18.7 Å². The van der Waals surface area contributed by atoms with Gasteiger partial charge in [0, 0.05) is 55.6 Å². The van der Waals surface area contributed by atoms with E-state index in [2.05, 4.69) is 268 Å². The van der Waals surface area contributed by atoms with Crippen LogP contribution in [0.25, 0.3) is 83.1 Å². The van der Waals surface area contributed by atoms with Crippen LogP contribution < -0.4 is 9.80 Å². The van der Waals surface area contributed by atoms with Gasteiger partial charge in [0.1, 0.15) is 5.82 Å². The zero-order chi connectivity index (χ0) is 45.3. The second kappa shape index (κ2) is 15.9. The summed E-state index contributed by atoms with van der Waals surface area (Å²) in [6.07, 6.45) is 7.63. The van der Waals surface area contributed by atoms with E-state index in [0.717, 1.165) is 74.3 Å². The molecule has 3 aromatic heterocycles. The van der Waals surface area contributed by atoms with Crippen molar-refractivity contribution < 1.29 is 0 Å². The molecule has 0 atom stereocenters. The minimum absolute atomic E-state index is 0.879. The summed E-state index contributed by atoms with van der Waals surface area (Å²) in [6, 6.07) is 76.7. The van der Waals surface area contributed by atoms with Gasteiger partial charge in [0.05, 0.1) is 55.8 Å². The Morgan fingerprint density at radius 3 is 1.57 bits per heavy atom. The zero-order valence-electron chi connectivity index (χ0n) is 37.8. The number of anilines is 6. The molecule has 0 saturated heterocycles. The largest absolute Gasteiger partial charge is 0.310 e. The molecule has 0 fully saturated rings. The van der Waals surface area contributed by atoms with Crippen molar-refractivity contribution in [3.8, 4) is 22.8 Å². The number of allylic oxidation sites excluding steroid dienone is 4. The fraction of sp³-hybridized carbons (Fsp3) is 0.0484. The lowest BCUT2D eigenvalue weighted by Gasteiger charge is -2.40. The molecular weight excluding hydrogens is 829 g/mol. The molecule has 0 saturated carbocycles. The fourth-order valence-electron chi connectivity index (χ4n) is 10.7. The van der Waals surface area contributed by atoms with Gasteiger partial charge in [0.25, 0.3) is 0 Å². The Balaban J connectivity index is 1.01. The molecule has 6 nitrogen and oxygen atoms in total. The van der Waals surface area contributed by atoms with E-state index >= 15 is 0 Å². The van der Waals surface area contributed by atoms with E-state index in [0.29, 0.717) is 0 Å². The number of fused-ring (bicyclic) bond motifs is 9. The van der Waals surface area contributed by atoms with E-state index in [-0.39, 0.29) is 0 Å². The lowest BCUT2D eigenvalue weighted by Crippen LogP contribution is -2.24. The maximum absolute atomic E-state index is 5.55. The molecule has 13 rings (SSSR count). The normalized spacial score (nSPS) is 12.9. The topological polar surface area (TPSA) is 34.2 Å². The second-order valence-corrected chi connectivity index (χ2v) is 17.4. The summed E-state index contributed by atoms with van der Waals surface area (Å²) in [4.78, 5) is 10.3. The van der Waals surface area contributed by atoms with Crippen LogP contribution >= 0.6 is 0 Å². The van der Waals surface area contributed by atoms with Crippen LogP contribution in [0.4, 0.5) is 34.1 Å². The van der Waals surface area contributed by atoms with Crippen LogP contribution in [0.5, 0.6) is 0 Å². The van der Waals surface area contributed by atoms with Crippen molar-refractivity contribution in [2.75, 3.05) is 9.80 Å². The lowest BCUT2D eigenvalue weighted by molar-refractivity contribution is 1.10. The van der Waals surface area contributed by atoms with Crippen LogP contribution in [-0.2, 0) is 0 Å². The average Bonchev–Trinajstić information content (AvgIpc) is 4.04. The summed E-state index contributed by atoms with van der Waals surface area (Å²) in [7, 11) is 0. The molecule has 0 aliphatic carbocycles. The molecule has 0 bridgehead atoms. The molecule has 324 valence electrons. The molecule has 4 heterocycles. The van der Waals surface area contributed by atoms with Gasteiger partial charge in [-0.15, -0.1) is 0 Å². The summed E-state index contributed by atoms with van der Waals surface area (Å²) in [5, 5.41) is 4.93. The Bertz CT molecular complexity index is 3950. The van der Waals surface area contributed by atoms with E-state index < -0.39 is 0 Å². The van der Waals surface area contributed by atoms with Crippen molar-refractivity contribution in [1.29, 1.82) is 0 Å². The minimum atomic E-state index is 0.879. The highest BCUT2D eigenvalue weighted by atomic mass is 15.3. The Kier molecular flexibility index (Phi) is 9.25. The van der Waals surface area contributed by atoms with Gasteiger partial charge in [-0.25, -0.2) is 4.98 Å². The highest BCUT2D eigenvalue weighted by molar-refractivity contribution is 6.19. The number of rotatable bonds is 8. The van der Waals surface area contributed by atoms with Gasteiger partial charge >= 0.3 is 0 Å². The van der Waals surface area contributed by atoms with Crippen LogP contribution in [0.15, 0.2) is 231 Å². The molecule has 0 unspecified atom stereocenters. The summed E-state index contributed by atoms with van der Waals surface area (Å²) >= 11 is 0. The number of nitrogens with zero attached hydrogens (tertiary/aromatic N) is 6. The first-order valence-electron chi connectivity index (χ1n) is 23.5. The third kappa shape index (κ3) is 6.07. The van der Waals surface area contributed by atoms with Gasteiger partial charge in [0.2, 0.25) is 0 Å². The summed E-state index contributed by atoms with van der Waals surface area (Å²) in [5.41, 5.74) is 17.6. The van der Waals surface area contributed by atoms with Crippen LogP contribution in [0.3, 0.4) is 0 Å². The maximum Gasteiger partial charge on any atom is 0.145 e. The van der Waals surface area contributed by atoms with Crippen molar-refractivity contribution in [1.82, 2.24) is 18.7 Å². The molecule has 0 radical (unpaired) electrons. The predicted octanol–water partition coefficient (Wildman–Crippen LogP) is 17.0. The van der Waals surface area contributed by atoms with Crippen LogP contribution in [0.2, 0.25) is 0 Å². The van der Waals surface area contributed by atoms with E-state index in [1.165, 1.54) is 49.3 Å². The molecule has 1 aliphatic rings. The van der Waals surface area contributed by atoms with Gasteiger partial charge in [-0.3, -0.25) is 4.57 Å². The quantitative estimate of drug-likeness (QED) is 0.143. The highest BCUT2D eigenvalue weighted by Crippen LogP contribution is 2.55. The lowest BCUT2D eigenvalue weighted by atomic mass is 10.0. The number of hydrogen-bond acceptors (Lipinski definition) is 3. The molecule has 68 heavy (non-hydrogen) atoms. The standard InChI is InChI=1S/C62H46N6/c1-3-20-43(21-4-2)64-53-30-16-14-28-48(53)50-39-58-51(38-57(50)64)49-29-15-17-31-54(49)65(58)47-36-34-42(35-37-47)62-63-52-40-60-61(41-59(52)68(62)46-26-12-7-13-27-46)67(45-24-10-6-11-25-45)56-33-19-18-32-55(56)66(60)44-22-8-5-9-23-44/h3,5-41H,4H2,1-2H3/b20-3-,43-21+. The second-order valence-electron chi connectivity index (χ2n) is 17.4. The van der Waals surface area contributed by atoms with Gasteiger partial charge in [-0.1, -0.05) is 122 Å². The van der Waals surface area contributed by atoms with Crippen molar-refractivity contribution >= 4 is 94.5 Å². The first-order valence-corrected chi connectivity index (χ1v) is 23.5. The van der Waals surface area contributed by atoms with Gasteiger partial charge < -0.3 is 18.9 Å². The van der Waals surface area contributed by atoms with E-state index in [1.54, 1.807) is 0 Å². The van der Waals surface area contributed by atoms with E-state index in [4.69, 9.17) is 4.98 Å². The van der Waals surface area contributed by atoms with Crippen molar-refractivity contribution in [3.05, 3.63) is 231 Å². The third-order valence-corrected chi connectivity index (χ3v) is 13.5. The summed E-state index contributed by atoms with van der Waals surface area (Å²) in [5.74, 6) is 0.879. The Labute approximate surface area is 394 Å². The highest BCUT2D eigenvalue weighted by Gasteiger charge is 2.32. The minimum Gasteiger partial charge on any atom is -0.310 e. The van der Waals surface area contributed by atoms with E-state index in [9.17, 15) is 0 Å². The average molecular weight is 875 g/mol. The zero-order valence-corrected chi connectivity index (χ0v) is 37.8. The molecule has 6 heteroatoms. The van der Waals surface area contributed by atoms with Crippen molar-refractivity contribution in [2.24, 2.45) is 0 Å². The Hall–Kier alpha value is -8.87. The molecule has 9 aromatic carbocycles. The predicted molar refractivity (Wildman–Crippen MR) is 286 cm³/mol. The molecule has 0 N–H and O–H groups in total. The molecule has 1 aliphatic heterocycles. The molecular formula is C62H46N6. The Morgan fingerprint density at radius 2 is 0.941 bits per heavy atom. The number of hydrogen-bond donors (Lipinski definition) is 0. The smallest absolute Gasteiger partial charge is 0.145 e. The van der Waals surface area contributed by atoms with Gasteiger partial charge in [-0.2, -0.15) is 0 Å². The van der Waals surface area contributed by atoms with Gasteiger partial charge in [-0.05, 0) is 129 Å². The van der Waals surface area contributed by atoms with Gasteiger partial charge in [0.15, 0.2) is 0 Å².